The summed E-state index contributed by atoms with van der Waals surface area (Å²) in [4.78, 5) is 12.1. The summed E-state index contributed by atoms with van der Waals surface area (Å²) >= 11 is 0. The Morgan fingerprint density at radius 3 is 2.77 bits per heavy atom. The van der Waals surface area contributed by atoms with Gasteiger partial charge in [0.25, 0.3) is 0 Å². The van der Waals surface area contributed by atoms with E-state index in [2.05, 4.69) is 17.3 Å². The molecule has 1 aromatic rings. The second kappa shape index (κ2) is 7.23. The van der Waals surface area contributed by atoms with Crippen LogP contribution in [0.5, 0.6) is 0 Å². The fourth-order valence-electron chi connectivity index (χ4n) is 2.86. The Balaban J connectivity index is 1.89. The number of carbonyl (C=O) groups excluding carboxylic acids is 1. The number of rotatable bonds is 7. The van der Waals surface area contributed by atoms with Crippen LogP contribution in [0, 0.1) is 5.92 Å². The van der Waals surface area contributed by atoms with E-state index in [-0.39, 0.29) is 17.9 Å². The third-order valence-corrected chi connectivity index (χ3v) is 5.25. The molecule has 2 rings (SSSR count). The minimum Gasteiger partial charge on any atom is -0.352 e. The van der Waals surface area contributed by atoms with Gasteiger partial charge in [-0.2, -0.15) is 9.40 Å². The number of aryl methyl sites for hydroxylation is 1. The first-order valence-corrected chi connectivity index (χ1v) is 9.47. The van der Waals surface area contributed by atoms with Gasteiger partial charge in [-0.25, -0.2) is 8.42 Å². The Morgan fingerprint density at radius 2 is 2.18 bits per heavy atom. The molecule has 1 saturated heterocycles. The number of amides is 1. The maximum absolute atomic E-state index is 12.1. The summed E-state index contributed by atoms with van der Waals surface area (Å²) in [5, 5.41) is 7.05. The van der Waals surface area contributed by atoms with E-state index in [4.69, 9.17) is 0 Å². The summed E-state index contributed by atoms with van der Waals surface area (Å²) in [6, 6.07) is 1.72. The molecule has 2 atom stereocenters. The molecule has 1 fully saturated rings. The van der Waals surface area contributed by atoms with Crippen molar-refractivity contribution in [3.05, 3.63) is 18.5 Å². The normalized spacial score (nSPS) is 22.8. The lowest BCUT2D eigenvalue weighted by Crippen LogP contribution is -2.41. The van der Waals surface area contributed by atoms with Gasteiger partial charge in [-0.1, -0.05) is 13.3 Å². The van der Waals surface area contributed by atoms with Gasteiger partial charge in [0.2, 0.25) is 15.9 Å². The summed E-state index contributed by atoms with van der Waals surface area (Å²) < 4.78 is 26.6. The molecule has 2 unspecified atom stereocenters. The highest BCUT2D eigenvalue weighted by Crippen LogP contribution is 2.23. The second-order valence-electron chi connectivity index (χ2n) is 5.82. The number of aromatic nitrogens is 2. The molecule has 124 valence electrons. The highest BCUT2D eigenvalue weighted by atomic mass is 32.2. The monoisotopic (exact) mass is 328 g/mol. The second-order valence-corrected chi connectivity index (χ2v) is 7.80. The maximum Gasteiger partial charge on any atom is 0.222 e. The zero-order chi connectivity index (χ0) is 16.2. The van der Waals surface area contributed by atoms with Crippen molar-refractivity contribution in [3.63, 3.8) is 0 Å². The topological polar surface area (TPSA) is 84.3 Å². The van der Waals surface area contributed by atoms with Crippen molar-refractivity contribution >= 4 is 15.9 Å². The zero-order valence-electron chi connectivity index (χ0n) is 13.1. The minimum absolute atomic E-state index is 0.0584. The quantitative estimate of drug-likeness (QED) is 0.787. The first kappa shape index (κ1) is 17.0. The van der Waals surface area contributed by atoms with Crippen molar-refractivity contribution < 1.29 is 13.2 Å². The lowest BCUT2D eigenvalue weighted by atomic mass is 9.98. The summed E-state index contributed by atoms with van der Waals surface area (Å²) in [5.74, 6) is 0.130. The molecule has 0 spiro atoms. The van der Waals surface area contributed by atoms with Crippen molar-refractivity contribution in [2.45, 2.75) is 38.8 Å². The van der Waals surface area contributed by atoms with Gasteiger partial charge in [-0.3, -0.25) is 9.48 Å². The largest absolute Gasteiger partial charge is 0.352 e. The lowest BCUT2D eigenvalue weighted by Gasteiger charge is -2.19. The van der Waals surface area contributed by atoms with Gasteiger partial charge in [0.1, 0.15) is 0 Å². The van der Waals surface area contributed by atoms with E-state index in [1.165, 1.54) is 10.6 Å². The van der Waals surface area contributed by atoms with E-state index in [1.54, 1.807) is 10.9 Å². The minimum atomic E-state index is -3.20. The van der Waals surface area contributed by atoms with Crippen LogP contribution in [0.4, 0.5) is 0 Å². The fraction of sp³-hybridized carbons (Fsp3) is 0.714. The van der Waals surface area contributed by atoms with Gasteiger partial charge >= 0.3 is 0 Å². The molecule has 1 aliphatic rings. The molecule has 0 aliphatic carbocycles. The number of hydrogen-bond donors (Lipinski definition) is 1. The first-order chi connectivity index (χ1) is 10.4. The van der Waals surface area contributed by atoms with Crippen LogP contribution in [-0.2, 0) is 21.4 Å². The van der Waals surface area contributed by atoms with Gasteiger partial charge < -0.3 is 5.32 Å². The Morgan fingerprint density at radius 1 is 1.41 bits per heavy atom. The van der Waals surface area contributed by atoms with E-state index >= 15 is 0 Å². The van der Waals surface area contributed by atoms with Crippen LogP contribution in [0.2, 0.25) is 0 Å². The van der Waals surface area contributed by atoms with Crippen LogP contribution in [-0.4, -0.2) is 53.8 Å². The molecular formula is C14H24N4O3S. The van der Waals surface area contributed by atoms with Crippen molar-refractivity contribution in [1.29, 1.82) is 0 Å². The third-order valence-electron chi connectivity index (χ3n) is 4.01. The molecule has 0 bridgehead atoms. The Hall–Kier alpha value is -1.41. The Bertz CT molecular complexity index is 585. The molecular weight excluding hydrogens is 304 g/mol. The van der Waals surface area contributed by atoms with Crippen LogP contribution in [0.15, 0.2) is 18.5 Å². The predicted octanol–water partition coefficient (Wildman–Crippen LogP) is 0.450. The number of nitrogens with one attached hydrogen (secondary N) is 1. The summed E-state index contributed by atoms with van der Waals surface area (Å²) in [6.45, 7) is 3.47. The first-order valence-electron chi connectivity index (χ1n) is 7.62. The summed E-state index contributed by atoms with van der Waals surface area (Å²) in [5.41, 5.74) is 0. The smallest absolute Gasteiger partial charge is 0.222 e. The molecule has 8 heteroatoms. The van der Waals surface area contributed by atoms with Crippen molar-refractivity contribution in [2.75, 3.05) is 19.3 Å². The molecule has 7 nitrogen and oxygen atoms in total. The maximum atomic E-state index is 12.1. The average Bonchev–Trinajstić information content (AvgIpc) is 3.06. The SMILES string of the molecule is CCCC1CN(S(C)(=O)=O)CC1NC(=O)CCn1cccn1. The van der Waals surface area contributed by atoms with Crippen molar-refractivity contribution in [3.8, 4) is 0 Å². The van der Waals surface area contributed by atoms with Crippen LogP contribution >= 0.6 is 0 Å². The Labute approximate surface area is 131 Å². The standard InChI is InChI=1S/C14H24N4O3S/c1-3-5-12-10-18(22(2,20)21)11-13(12)16-14(19)6-9-17-8-4-7-15-17/h4,7-8,12-13H,3,5-6,9-11H2,1-2H3,(H,16,19). The van der Waals surface area contributed by atoms with E-state index in [0.717, 1.165) is 12.8 Å². The number of hydrogen-bond acceptors (Lipinski definition) is 4. The summed E-state index contributed by atoms with van der Waals surface area (Å²) in [7, 11) is -3.20. The molecule has 0 aromatic carbocycles. The molecule has 1 aliphatic heterocycles. The zero-order valence-corrected chi connectivity index (χ0v) is 13.9. The molecule has 1 aromatic heterocycles. The molecule has 22 heavy (non-hydrogen) atoms. The highest BCUT2D eigenvalue weighted by molar-refractivity contribution is 7.88. The Kier molecular flexibility index (Phi) is 5.57. The van der Waals surface area contributed by atoms with Gasteiger partial charge in [0.15, 0.2) is 0 Å². The molecule has 2 heterocycles. The van der Waals surface area contributed by atoms with E-state index < -0.39 is 10.0 Å². The van der Waals surface area contributed by atoms with Crippen LogP contribution < -0.4 is 5.32 Å². The highest BCUT2D eigenvalue weighted by Gasteiger charge is 2.37. The fourth-order valence-corrected chi connectivity index (χ4v) is 3.75. The van der Waals surface area contributed by atoms with E-state index in [9.17, 15) is 13.2 Å². The molecule has 0 saturated carbocycles. The van der Waals surface area contributed by atoms with E-state index in [0.29, 0.717) is 26.1 Å². The van der Waals surface area contributed by atoms with Crippen molar-refractivity contribution in [1.82, 2.24) is 19.4 Å². The molecule has 1 N–H and O–H groups in total. The van der Waals surface area contributed by atoms with Crippen LogP contribution in [0.3, 0.4) is 0 Å². The summed E-state index contributed by atoms with van der Waals surface area (Å²) in [6.07, 6.45) is 6.94. The van der Waals surface area contributed by atoms with Gasteiger partial charge in [0, 0.05) is 44.5 Å². The van der Waals surface area contributed by atoms with Gasteiger partial charge in [-0.15, -0.1) is 0 Å². The van der Waals surface area contributed by atoms with Crippen LogP contribution in [0.25, 0.3) is 0 Å². The number of sulfonamides is 1. The van der Waals surface area contributed by atoms with Gasteiger partial charge in [0.05, 0.1) is 6.26 Å². The lowest BCUT2D eigenvalue weighted by molar-refractivity contribution is -0.122. The molecule has 1 amide bonds. The number of nitrogens with zero attached hydrogens (tertiary/aromatic N) is 3. The predicted molar refractivity (Wildman–Crippen MR) is 83.6 cm³/mol. The third kappa shape index (κ3) is 4.54. The van der Waals surface area contributed by atoms with Crippen LogP contribution in [0.1, 0.15) is 26.2 Å². The average molecular weight is 328 g/mol. The van der Waals surface area contributed by atoms with Crippen molar-refractivity contribution in [2.24, 2.45) is 5.92 Å². The molecule has 0 radical (unpaired) electrons. The number of carbonyl (C=O) groups is 1. The van der Waals surface area contributed by atoms with Gasteiger partial charge in [-0.05, 0) is 18.4 Å². The van der Waals surface area contributed by atoms with E-state index in [1.807, 2.05) is 12.3 Å².